The number of amides is 1. The molecule has 1 aliphatic heterocycles. The summed E-state index contributed by atoms with van der Waals surface area (Å²) in [5.74, 6) is 0.697. The van der Waals surface area contributed by atoms with Crippen molar-refractivity contribution in [3.8, 4) is 5.75 Å². The largest absolute Gasteiger partial charge is 0.497 e. The number of benzene rings is 1. The maximum Gasteiger partial charge on any atom is 0.223 e. The van der Waals surface area contributed by atoms with E-state index in [1.807, 2.05) is 24.3 Å². The van der Waals surface area contributed by atoms with Gasteiger partial charge in [0.15, 0.2) is 0 Å². The van der Waals surface area contributed by atoms with Crippen LogP contribution in [0.2, 0.25) is 0 Å². The second-order valence-corrected chi connectivity index (χ2v) is 4.66. The summed E-state index contributed by atoms with van der Waals surface area (Å²) in [5.41, 5.74) is 0.799. The van der Waals surface area contributed by atoms with Crippen molar-refractivity contribution in [3.05, 3.63) is 29.8 Å². The quantitative estimate of drug-likeness (QED) is 0.853. The van der Waals surface area contributed by atoms with E-state index in [0.29, 0.717) is 6.42 Å². The van der Waals surface area contributed by atoms with Crippen LogP contribution in [0.4, 0.5) is 0 Å². The topological polar surface area (TPSA) is 58.6 Å². The molecule has 4 nitrogen and oxygen atoms in total. The molecule has 1 heterocycles. The SMILES string of the molecule is COc1cccc(C(O)CC2CCCNC2=O)c1. The lowest BCUT2D eigenvalue weighted by atomic mass is 9.90. The van der Waals surface area contributed by atoms with Gasteiger partial charge in [0.2, 0.25) is 5.91 Å². The van der Waals surface area contributed by atoms with Crippen molar-refractivity contribution in [1.82, 2.24) is 5.32 Å². The first-order chi connectivity index (χ1) is 8.70. The number of rotatable bonds is 4. The maximum absolute atomic E-state index is 11.6. The molecule has 2 atom stereocenters. The standard InChI is InChI=1S/C14H19NO3/c1-18-12-6-2-4-10(8-12)13(16)9-11-5-3-7-15-14(11)17/h2,4,6,8,11,13,16H,3,5,7,9H2,1H3,(H,15,17). The summed E-state index contributed by atoms with van der Waals surface area (Å²) in [7, 11) is 1.60. The highest BCUT2D eigenvalue weighted by Gasteiger charge is 2.25. The van der Waals surface area contributed by atoms with E-state index in [-0.39, 0.29) is 11.8 Å². The number of carbonyl (C=O) groups is 1. The van der Waals surface area contributed by atoms with Gasteiger partial charge in [0.05, 0.1) is 13.2 Å². The van der Waals surface area contributed by atoms with Crippen LogP contribution in [0.5, 0.6) is 5.75 Å². The maximum atomic E-state index is 11.6. The molecular formula is C14H19NO3. The molecule has 18 heavy (non-hydrogen) atoms. The molecule has 2 unspecified atom stereocenters. The number of hydrogen-bond donors (Lipinski definition) is 2. The number of aliphatic hydroxyl groups excluding tert-OH is 1. The Hall–Kier alpha value is -1.55. The zero-order chi connectivity index (χ0) is 13.0. The van der Waals surface area contributed by atoms with Crippen molar-refractivity contribution in [2.24, 2.45) is 5.92 Å². The van der Waals surface area contributed by atoms with E-state index in [1.165, 1.54) is 0 Å². The molecule has 0 radical (unpaired) electrons. The number of nitrogens with one attached hydrogen (secondary N) is 1. The number of piperidine rings is 1. The summed E-state index contributed by atoms with van der Waals surface area (Å²) in [6.07, 6.45) is 1.70. The second kappa shape index (κ2) is 5.87. The molecule has 0 saturated carbocycles. The molecule has 1 saturated heterocycles. The molecule has 0 bridgehead atoms. The minimum absolute atomic E-state index is 0.0585. The number of ether oxygens (including phenoxy) is 1. The third-order valence-electron chi connectivity index (χ3n) is 3.39. The Morgan fingerprint density at radius 1 is 1.56 bits per heavy atom. The van der Waals surface area contributed by atoms with Crippen molar-refractivity contribution < 1.29 is 14.6 Å². The first-order valence-corrected chi connectivity index (χ1v) is 6.30. The van der Waals surface area contributed by atoms with E-state index in [9.17, 15) is 9.90 Å². The third kappa shape index (κ3) is 3.01. The van der Waals surface area contributed by atoms with Gasteiger partial charge in [0, 0.05) is 12.5 Å². The highest BCUT2D eigenvalue weighted by Crippen LogP contribution is 2.27. The molecule has 2 rings (SSSR count). The molecule has 4 heteroatoms. The van der Waals surface area contributed by atoms with Gasteiger partial charge >= 0.3 is 0 Å². The molecule has 0 aromatic heterocycles. The summed E-state index contributed by atoms with van der Waals surface area (Å²) in [4.78, 5) is 11.6. The molecule has 2 N–H and O–H groups in total. The van der Waals surface area contributed by atoms with Gasteiger partial charge in [-0.05, 0) is 37.0 Å². The fraction of sp³-hybridized carbons (Fsp3) is 0.500. The van der Waals surface area contributed by atoms with E-state index in [4.69, 9.17) is 4.74 Å². The molecule has 0 aliphatic carbocycles. The molecule has 98 valence electrons. The van der Waals surface area contributed by atoms with Gasteiger partial charge in [0.25, 0.3) is 0 Å². The zero-order valence-corrected chi connectivity index (χ0v) is 10.6. The molecule has 1 aliphatic rings. The van der Waals surface area contributed by atoms with E-state index in [0.717, 1.165) is 30.7 Å². The van der Waals surface area contributed by atoms with Crippen LogP contribution in [0.15, 0.2) is 24.3 Å². The van der Waals surface area contributed by atoms with Gasteiger partial charge in [0.1, 0.15) is 5.75 Å². The highest BCUT2D eigenvalue weighted by atomic mass is 16.5. The summed E-state index contributed by atoms with van der Waals surface area (Å²) < 4.78 is 5.13. The molecule has 0 spiro atoms. The summed E-state index contributed by atoms with van der Waals surface area (Å²) >= 11 is 0. The predicted molar refractivity (Wildman–Crippen MR) is 68.3 cm³/mol. The molecule has 1 aromatic carbocycles. The zero-order valence-electron chi connectivity index (χ0n) is 10.6. The Labute approximate surface area is 107 Å². The first kappa shape index (κ1) is 12.9. The number of hydrogen-bond acceptors (Lipinski definition) is 3. The Balaban J connectivity index is 2.01. The van der Waals surface area contributed by atoms with Gasteiger partial charge in [-0.1, -0.05) is 12.1 Å². The van der Waals surface area contributed by atoms with Crippen LogP contribution < -0.4 is 10.1 Å². The molecular weight excluding hydrogens is 230 g/mol. The predicted octanol–water partition coefficient (Wildman–Crippen LogP) is 1.64. The van der Waals surface area contributed by atoms with Crippen molar-refractivity contribution in [2.75, 3.05) is 13.7 Å². The van der Waals surface area contributed by atoms with Crippen LogP contribution >= 0.6 is 0 Å². The smallest absolute Gasteiger partial charge is 0.223 e. The van der Waals surface area contributed by atoms with Gasteiger partial charge < -0.3 is 15.2 Å². The van der Waals surface area contributed by atoms with E-state index >= 15 is 0 Å². The second-order valence-electron chi connectivity index (χ2n) is 4.66. The Kier molecular flexibility index (Phi) is 4.20. The lowest BCUT2D eigenvalue weighted by molar-refractivity contribution is -0.127. The van der Waals surface area contributed by atoms with Crippen molar-refractivity contribution in [3.63, 3.8) is 0 Å². The normalized spacial score (nSPS) is 21.2. The van der Waals surface area contributed by atoms with Crippen LogP contribution in [-0.4, -0.2) is 24.7 Å². The Morgan fingerprint density at radius 2 is 2.39 bits per heavy atom. The molecule has 1 aromatic rings. The average molecular weight is 249 g/mol. The number of aliphatic hydroxyl groups is 1. The summed E-state index contributed by atoms with van der Waals surface area (Å²) in [6.45, 7) is 0.755. The van der Waals surface area contributed by atoms with Crippen LogP contribution in [0.3, 0.4) is 0 Å². The van der Waals surface area contributed by atoms with Crippen LogP contribution in [0, 0.1) is 5.92 Å². The van der Waals surface area contributed by atoms with Crippen LogP contribution in [0.25, 0.3) is 0 Å². The lowest BCUT2D eigenvalue weighted by Gasteiger charge is -2.24. The Bertz CT molecular complexity index is 419. The average Bonchev–Trinajstić information content (AvgIpc) is 2.41. The van der Waals surface area contributed by atoms with Crippen molar-refractivity contribution >= 4 is 5.91 Å². The Morgan fingerprint density at radius 3 is 3.11 bits per heavy atom. The monoisotopic (exact) mass is 249 g/mol. The van der Waals surface area contributed by atoms with Gasteiger partial charge in [-0.2, -0.15) is 0 Å². The minimum atomic E-state index is -0.617. The van der Waals surface area contributed by atoms with Crippen LogP contribution in [-0.2, 0) is 4.79 Å². The fourth-order valence-electron chi connectivity index (χ4n) is 2.31. The number of methoxy groups -OCH3 is 1. The lowest BCUT2D eigenvalue weighted by Crippen LogP contribution is -2.37. The van der Waals surface area contributed by atoms with Gasteiger partial charge in [-0.3, -0.25) is 4.79 Å². The van der Waals surface area contributed by atoms with Gasteiger partial charge in [-0.15, -0.1) is 0 Å². The van der Waals surface area contributed by atoms with Crippen molar-refractivity contribution in [2.45, 2.75) is 25.4 Å². The summed E-state index contributed by atoms with van der Waals surface area (Å²) in [6, 6.07) is 7.35. The van der Waals surface area contributed by atoms with E-state index in [2.05, 4.69) is 5.32 Å². The fourth-order valence-corrected chi connectivity index (χ4v) is 2.31. The van der Waals surface area contributed by atoms with Gasteiger partial charge in [-0.25, -0.2) is 0 Å². The van der Waals surface area contributed by atoms with Crippen molar-refractivity contribution in [1.29, 1.82) is 0 Å². The van der Waals surface area contributed by atoms with E-state index in [1.54, 1.807) is 7.11 Å². The first-order valence-electron chi connectivity index (χ1n) is 6.30. The van der Waals surface area contributed by atoms with E-state index < -0.39 is 6.10 Å². The minimum Gasteiger partial charge on any atom is -0.497 e. The molecule has 1 fully saturated rings. The third-order valence-corrected chi connectivity index (χ3v) is 3.39. The number of carbonyl (C=O) groups excluding carboxylic acids is 1. The molecule has 1 amide bonds. The highest BCUT2D eigenvalue weighted by molar-refractivity contribution is 5.79. The summed E-state index contributed by atoms with van der Waals surface area (Å²) in [5, 5.41) is 13.0. The van der Waals surface area contributed by atoms with Crippen LogP contribution in [0.1, 0.15) is 30.9 Å².